The van der Waals surface area contributed by atoms with Crippen LogP contribution in [0.5, 0.6) is 5.75 Å². The number of nitrogens with zero attached hydrogens (tertiary/aromatic N) is 2. The second-order valence-corrected chi connectivity index (χ2v) is 9.85. The Morgan fingerprint density at radius 1 is 1.30 bits per heavy atom. The van der Waals surface area contributed by atoms with Gasteiger partial charge in [-0.2, -0.15) is 0 Å². The van der Waals surface area contributed by atoms with Crippen molar-refractivity contribution < 1.29 is 18.3 Å². The number of fused-ring (bicyclic) bond motifs is 2. The predicted molar refractivity (Wildman–Crippen MR) is 123 cm³/mol. The van der Waals surface area contributed by atoms with Crippen LogP contribution in [-0.2, 0) is 11.2 Å². The van der Waals surface area contributed by atoms with E-state index in [1.165, 1.54) is 0 Å². The van der Waals surface area contributed by atoms with Gasteiger partial charge in [0.2, 0.25) is 5.92 Å². The first kappa shape index (κ1) is 21.6. The smallest absolute Gasteiger partial charge is 0.261 e. The number of anilines is 2. The molecule has 1 aromatic rings. The third-order valence-electron chi connectivity index (χ3n) is 6.72. The Hall–Kier alpha value is -3.23. The molecule has 4 aliphatic rings. The molecule has 3 aliphatic heterocycles. The molecule has 7 nitrogen and oxygen atoms in total. The number of rotatable bonds is 4. The lowest BCUT2D eigenvalue weighted by Gasteiger charge is -2.25. The van der Waals surface area contributed by atoms with E-state index in [4.69, 9.17) is 10.1 Å². The van der Waals surface area contributed by atoms with Crippen LogP contribution in [0.15, 0.2) is 40.8 Å². The molecule has 2 atom stereocenters. The average molecular weight is 456 g/mol. The topological polar surface area (TPSA) is 89.8 Å². The van der Waals surface area contributed by atoms with Crippen LogP contribution in [0.3, 0.4) is 0 Å². The van der Waals surface area contributed by atoms with Crippen LogP contribution in [0.4, 0.5) is 20.2 Å². The molecule has 1 aromatic carbocycles. The maximum Gasteiger partial charge on any atom is 0.261 e. The van der Waals surface area contributed by atoms with Gasteiger partial charge in [0.05, 0.1) is 16.9 Å². The zero-order valence-corrected chi connectivity index (χ0v) is 18.6. The monoisotopic (exact) mass is 455 g/mol. The van der Waals surface area contributed by atoms with Crippen molar-refractivity contribution in [3.63, 3.8) is 0 Å². The van der Waals surface area contributed by atoms with Crippen molar-refractivity contribution in [2.24, 2.45) is 16.8 Å². The Kier molecular flexibility index (Phi) is 5.02. The molecule has 174 valence electrons. The van der Waals surface area contributed by atoms with Crippen molar-refractivity contribution >= 4 is 29.7 Å². The van der Waals surface area contributed by atoms with Crippen LogP contribution in [0, 0.1) is 17.2 Å². The minimum Gasteiger partial charge on any atom is -0.487 e. The Morgan fingerprint density at radius 2 is 2.03 bits per heavy atom. The van der Waals surface area contributed by atoms with Gasteiger partial charge in [-0.05, 0) is 37.8 Å². The van der Waals surface area contributed by atoms with Crippen LogP contribution in [0.25, 0.3) is 0 Å². The molecule has 33 heavy (non-hydrogen) atoms. The Morgan fingerprint density at radius 3 is 2.67 bits per heavy atom. The minimum absolute atomic E-state index is 0.0685. The highest BCUT2D eigenvalue weighted by molar-refractivity contribution is 6.18. The van der Waals surface area contributed by atoms with E-state index in [0.717, 1.165) is 23.2 Å². The second-order valence-electron chi connectivity index (χ2n) is 9.85. The zero-order chi connectivity index (χ0) is 23.4. The number of hydrogen-bond acceptors (Lipinski definition) is 6. The molecule has 0 aromatic heterocycles. The van der Waals surface area contributed by atoms with Gasteiger partial charge in [-0.15, -0.1) is 0 Å². The molecule has 1 aliphatic carbocycles. The number of allylic oxidation sites excluding steroid dienone is 1. The summed E-state index contributed by atoms with van der Waals surface area (Å²) in [5.41, 5.74) is 2.05. The van der Waals surface area contributed by atoms with E-state index >= 15 is 0 Å². The molecule has 1 saturated heterocycles. The highest BCUT2D eigenvalue weighted by atomic mass is 19.3. The fraction of sp³-hybridized carbons (Fsp3) is 0.458. The van der Waals surface area contributed by atoms with Crippen LogP contribution in [-0.4, -0.2) is 42.9 Å². The van der Waals surface area contributed by atoms with Gasteiger partial charge in [-0.3, -0.25) is 4.79 Å². The molecule has 0 radical (unpaired) electrons. The van der Waals surface area contributed by atoms with Crippen LogP contribution in [0.1, 0.15) is 32.3 Å². The first-order valence-electron chi connectivity index (χ1n) is 11.1. The van der Waals surface area contributed by atoms with Crippen LogP contribution in [0.2, 0.25) is 0 Å². The minimum atomic E-state index is -2.59. The summed E-state index contributed by atoms with van der Waals surface area (Å²) in [5, 5.41) is 13.6. The fourth-order valence-corrected chi connectivity index (χ4v) is 5.35. The van der Waals surface area contributed by atoms with E-state index in [9.17, 15) is 13.6 Å². The highest BCUT2D eigenvalue weighted by Gasteiger charge is 2.50. The van der Waals surface area contributed by atoms with E-state index < -0.39 is 11.8 Å². The van der Waals surface area contributed by atoms with Gasteiger partial charge in [0.1, 0.15) is 17.2 Å². The lowest BCUT2D eigenvalue weighted by molar-refractivity contribution is -0.112. The van der Waals surface area contributed by atoms with Gasteiger partial charge in [0.25, 0.3) is 5.91 Å². The second kappa shape index (κ2) is 7.67. The van der Waals surface area contributed by atoms with Crippen molar-refractivity contribution in [2.45, 2.75) is 44.6 Å². The summed E-state index contributed by atoms with van der Waals surface area (Å²) in [5.74, 6) is -2.15. The first-order valence-corrected chi connectivity index (χ1v) is 11.1. The number of carbonyl (C=O) groups excluding carboxylic acids is 1. The number of carbonyl (C=O) groups is 1. The van der Waals surface area contributed by atoms with Gasteiger partial charge >= 0.3 is 0 Å². The molecule has 1 amide bonds. The standard InChI is InChI=1S/C24H27F2N5O2/c1-23(2)8-14-6-18(30-22(32)17(11-27)21-28-4-3-5-29-21)19(7-20(14)33-23)31-12-15-9-24(25,26)10-16(15)13-31/h3-7,11,15-16,27-28H,8-10,12-13H2,1-2H3,(H,30,32)/b21-17-,27-11?/t15-,16+. The molecule has 5 rings (SSSR count). The molecule has 9 heteroatoms. The summed E-state index contributed by atoms with van der Waals surface area (Å²) in [6.07, 6.45) is 6.35. The molecule has 0 spiro atoms. The fourth-order valence-electron chi connectivity index (χ4n) is 5.35. The van der Waals surface area contributed by atoms with Gasteiger partial charge < -0.3 is 25.7 Å². The quantitative estimate of drug-likeness (QED) is 0.475. The van der Waals surface area contributed by atoms with Crippen molar-refractivity contribution in [1.29, 1.82) is 5.41 Å². The molecule has 3 N–H and O–H groups in total. The first-order chi connectivity index (χ1) is 15.6. The molecular formula is C24H27F2N5O2. The highest BCUT2D eigenvalue weighted by Crippen LogP contribution is 2.50. The summed E-state index contributed by atoms with van der Waals surface area (Å²) in [6, 6.07) is 3.82. The van der Waals surface area contributed by atoms with Crippen molar-refractivity contribution in [1.82, 2.24) is 5.32 Å². The Bertz CT molecular complexity index is 1090. The van der Waals surface area contributed by atoms with Crippen LogP contribution >= 0.6 is 0 Å². The lowest BCUT2D eigenvalue weighted by atomic mass is 10.0. The number of nitrogens with one attached hydrogen (secondary N) is 3. The van der Waals surface area contributed by atoms with Gasteiger partial charge in [0.15, 0.2) is 0 Å². The van der Waals surface area contributed by atoms with Crippen LogP contribution < -0.4 is 20.3 Å². The summed E-state index contributed by atoms with van der Waals surface area (Å²) < 4.78 is 33.8. The van der Waals surface area contributed by atoms with Gasteiger partial charge in [-0.1, -0.05) is 0 Å². The number of hydrogen-bond donors (Lipinski definition) is 3. The predicted octanol–water partition coefficient (Wildman–Crippen LogP) is 3.87. The molecular weight excluding hydrogens is 428 g/mol. The van der Waals surface area contributed by atoms with E-state index in [1.807, 2.05) is 26.0 Å². The molecule has 0 unspecified atom stereocenters. The van der Waals surface area contributed by atoms with Crippen molar-refractivity contribution in [3.8, 4) is 5.75 Å². The zero-order valence-electron chi connectivity index (χ0n) is 18.6. The molecule has 1 saturated carbocycles. The summed E-state index contributed by atoms with van der Waals surface area (Å²) >= 11 is 0. The van der Waals surface area contributed by atoms with E-state index in [-0.39, 0.29) is 41.7 Å². The lowest BCUT2D eigenvalue weighted by Crippen LogP contribution is -2.27. The number of aliphatic imine (C=N–C) groups is 1. The van der Waals surface area contributed by atoms with Crippen molar-refractivity contribution in [2.75, 3.05) is 23.3 Å². The number of benzene rings is 1. The summed E-state index contributed by atoms with van der Waals surface area (Å²) in [7, 11) is 0. The SMILES string of the molecule is CC1(C)Cc2cc(NC(=O)/C(C=N)=C3\N=CC=CN3)c(N3C[C@@H]4CC(F)(F)C[C@@H]4C3)cc2O1. The maximum absolute atomic E-state index is 13.9. The molecule has 3 heterocycles. The summed E-state index contributed by atoms with van der Waals surface area (Å²) in [4.78, 5) is 19.3. The van der Waals surface area contributed by atoms with Gasteiger partial charge in [0, 0.05) is 62.6 Å². The van der Waals surface area contributed by atoms with Gasteiger partial charge in [-0.25, -0.2) is 13.8 Å². The Labute approximate surface area is 191 Å². The average Bonchev–Trinajstić information content (AvgIpc) is 3.34. The Balaban J connectivity index is 1.47. The molecule has 0 bridgehead atoms. The summed E-state index contributed by atoms with van der Waals surface area (Å²) in [6.45, 7) is 5.04. The third-order valence-corrected chi connectivity index (χ3v) is 6.72. The number of halogens is 2. The van der Waals surface area contributed by atoms with E-state index in [0.29, 0.717) is 25.2 Å². The maximum atomic E-state index is 13.9. The third kappa shape index (κ3) is 4.12. The largest absolute Gasteiger partial charge is 0.487 e. The van der Waals surface area contributed by atoms with Crippen molar-refractivity contribution in [3.05, 3.63) is 41.4 Å². The number of ether oxygens (including phenoxy) is 1. The normalized spacial score (nSPS) is 27.5. The number of alkyl halides is 2. The molecule has 2 fully saturated rings. The van der Waals surface area contributed by atoms with E-state index in [2.05, 4.69) is 20.5 Å². The number of amides is 1. The van der Waals surface area contributed by atoms with E-state index in [1.54, 1.807) is 18.5 Å².